The standard InChI is InChI=1S/C17H34N2/c1-4-14-8-10-19(11-9-14)13-16-12-15(5-2)6-7-17(16)18-3/h14-18H,4-13H2,1-3H3. The van der Waals surface area contributed by atoms with Gasteiger partial charge < -0.3 is 10.2 Å². The zero-order valence-corrected chi connectivity index (χ0v) is 13.3. The maximum Gasteiger partial charge on any atom is 0.0105 e. The second-order valence-electron chi connectivity index (χ2n) is 6.89. The first kappa shape index (κ1) is 15.3. The van der Waals surface area contributed by atoms with Gasteiger partial charge in [-0.2, -0.15) is 0 Å². The number of rotatable bonds is 5. The Balaban J connectivity index is 1.82. The van der Waals surface area contributed by atoms with Gasteiger partial charge in [0.05, 0.1) is 0 Å². The van der Waals surface area contributed by atoms with E-state index in [4.69, 9.17) is 0 Å². The highest BCUT2D eigenvalue weighted by atomic mass is 15.1. The Morgan fingerprint density at radius 3 is 2.21 bits per heavy atom. The van der Waals surface area contributed by atoms with Gasteiger partial charge in [0.2, 0.25) is 0 Å². The largest absolute Gasteiger partial charge is 0.317 e. The third-order valence-corrected chi connectivity index (χ3v) is 5.82. The maximum atomic E-state index is 3.58. The van der Waals surface area contributed by atoms with E-state index in [0.717, 1.165) is 23.8 Å². The highest BCUT2D eigenvalue weighted by Gasteiger charge is 2.30. The predicted molar refractivity (Wildman–Crippen MR) is 83.4 cm³/mol. The maximum absolute atomic E-state index is 3.58. The third kappa shape index (κ3) is 4.19. The van der Waals surface area contributed by atoms with Gasteiger partial charge in [0.15, 0.2) is 0 Å². The van der Waals surface area contributed by atoms with Crippen molar-refractivity contribution in [1.82, 2.24) is 10.2 Å². The summed E-state index contributed by atoms with van der Waals surface area (Å²) in [5, 5.41) is 3.58. The van der Waals surface area contributed by atoms with Crippen LogP contribution in [-0.4, -0.2) is 37.6 Å². The van der Waals surface area contributed by atoms with E-state index in [0.29, 0.717) is 0 Å². The first-order chi connectivity index (χ1) is 9.26. The fraction of sp³-hybridized carbons (Fsp3) is 1.00. The van der Waals surface area contributed by atoms with Gasteiger partial charge in [-0.05, 0) is 70.0 Å². The lowest BCUT2D eigenvalue weighted by molar-refractivity contribution is 0.111. The molecule has 0 aromatic heterocycles. The zero-order chi connectivity index (χ0) is 13.7. The fourth-order valence-corrected chi connectivity index (χ4v) is 4.22. The summed E-state index contributed by atoms with van der Waals surface area (Å²) < 4.78 is 0. The predicted octanol–water partition coefficient (Wildman–Crippen LogP) is 3.52. The summed E-state index contributed by atoms with van der Waals surface area (Å²) in [4.78, 5) is 2.75. The Morgan fingerprint density at radius 1 is 0.947 bits per heavy atom. The van der Waals surface area contributed by atoms with Crippen LogP contribution in [0.1, 0.15) is 58.8 Å². The van der Waals surface area contributed by atoms with Crippen LogP contribution in [0.15, 0.2) is 0 Å². The van der Waals surface area contributed by atoms with Gasteiger partial charge in [0.25, 0.3) is 0 Å². The first-order valence-electron chi connectivity index (χ1n) is 8.66. The number of hydrogen-bond donors (Lipinski definition) is 1. The molecule has 3 atom stereocenters. The van der Waals surface area contributed by atoms with E-state index in [2.05, 4.69) is 31.1 Å². The molecule has 1 aliphatic heterocycles. The van der Waals surface area contributed by atoms with Crippen LogP contribution < -0.4 is 5.32 Å². The van der Waals surface area contributed by atoms with Crippen molar-refractivity contribution in [3.05, 3.63) is 0 Å². The first-order valence-corrected chi connectivity index (χ1v) is 8.66. The smallest absolute Gasteiger partial charge is 0.0105 e. The van der Waals surface area contributed by atoms with E-state index in [1.54, 1.807) is 0 Å². The third-order valence-electron chi connectivity index (χ3n) is 5.82. The molecule has 2 heteroatoms. The van der Waals surface area contributed by atoms with Crippen molar-refractivity contribution in [1.29, 1.82) is 0 Å². The molecule has 0 bridgehead atoms. The molecular formula is C17H34N2. The van der Waals surface area contributed by atoms with Crippen LogP contribution in [0.2, 0.25) is 0 Å². The molecule has 112 valence electrons. The summed E-state index contributed by atoms with van der Waals surface area (Å²) in [5.41, 5.74) is 0. The lowest BCUT2D eigenvalue weighted by Crippen LogP contribution is -2.46. The minimum absolute atomic E-state index is 0.770. The summed E-state index contributed by atoms with van der Waals surface area (Å²) in [6, 6.07) is 0.770. The SMILES string of the molecule is CCC1CCN(CC2CC(CC)CCC2NC)CC1. The molecule has 1 heterocycles. The van der Waals surface area contributed by atoms with Crippen LogP contribution in [-0.2, 0) is 0 Å². The average molecular weight is 266 g/mol. The summed E-state index contributed by atoms with van der Waals surface area (Å²) >= 11 is 0. The molecule has 2 nitrogen and oxygen atoms in total. The van der Waals surface area contributed by atoms with Gasteiger partial charge in [-0.3, -0.25) is 0 Å². The van der Waals surface area contributed by atoms with Crippen LogP contribution in [0.5, 0.6) is 0 Å². The van der Waals surface area contributed by atoms with Crippen LogP contribution in [0.4, 0.5) is 0 Å². The Kier molecular flexibility index (Phi) is 6.15. The Hall–Kier alpha value is -0.0800. The van der Waals surface area contributed by atoms with Crippen molar-refractivity contribution >= 4 is 0 Å². The number of likely N-dealkylation sites (tertiary alicyclic amines) is 1. The van der Waals surface area contributed by atoms with E-state index in [1.807, 2.05) is 0 Å². The molecule has 0 spiro atoms. The second-order valence-corrected chi connectivity index (χ2v) is 6.89. The molecule has 2 rings (SSSR count). The van der Waals surface area contributed by atoms with E-state index in [-0.39, 0.29) is 0 Å². The number of nitrogens with one attached hydrogen (secondary N) is 1. The molecule has 1 aliphatic carbocycles. The highest BCUT2D eigenvalue weighted by Crippen LogP contribution is 2.32. The van der Waals surface area contributed by atoms with E-state index in [9.17, 15) is 0 Å². The molecule has 3 unspecified atom stereocenters. The summed E-state index contributed by atoms with van der Waals surface area (Å²) in [7, 11) is 2.16. The van der Waals surface area contributed by atoms with Gasteiger partial charge >= 0.3 is 0 Å². The van der Waals surface area contributed by atoms with E-state index in [1.165, 1.54) is 64.6 Å². The van der Waals surface area contributed by atoms with Crippen molar-refractivity contribution < 1.29 is 0 Å². The quantitative estimate of drug-likeness (QED) is 0.819. The van der Waals surface area contributed by atoms with Crippen LogP contribution >= 0.6 is 0 Å². The zero-order valence-electron chi connectivity index (χ0n) is 13.3. The number of piperidine rings is 1. The van der Waals surface area contributed by atoms with Crippen LogP contribution in [0.25, 0.3) is 0 Å². The Morgan fingerprint density at radius 2 is 1.63 bits per heavy atom. The molecule has 2 aliphatic rings. The normalized spacial score (nSPS) is 34.6. The number of nitrogens with zero attached hydrogens (tertiary/aromatic N) is 1. The second kappa shape index (κ2) is 7.64. The van der Waals surface area contributed by atoms with E-state index < -0.39 is 0 Å². The van der Waals surface area contributed by atoms with Crippen molar-refractivity contribution in [2.75, 3.05) is 26.7 Å². The minimum atomic E-state index is 0.770. The summed E-state index contributed by atoms with van der Waals surface area (Å²) in [6.07, 6.45) is 9.92. The number of hydrogen-bond acceptors (Lipinski definition) is 2. The molecule has 0 amide bonds. The van der Waals surface area contributed by atoms with Crippen LogP contribution in [0, 0.1) is 17.8 Å². The van der Waals surface area contributed by atoms with Gasteiger partial charge in [-0.25, -0.2) is 0 Å². The Bertz CT molecular complexity index is 246. The van der Waals surface area contributed by atoms with Crippen molar-refractivity contribution in [3.63, 3.8) is 0 Å². The monoisotopic (exact) mass is 266 g/mol. The van der Waals surface area contributed by atoms with E-state index >= 15 is 0 Å². The molecule has 0 aromatic carbocycles. The molecule has 1 saturated carbocycles. The lowest BCUT2D eigenvalue weighted by Gasteiger charge is -2.40. The van der Waals surface area contributed by atoms with Gasteiger partial charge in [0.1, 0.15) is 0 Å². The molecule has 1 N–H and O–H groups in total. The molecule has 0 aromatic rings. The Labute approximate surface area is 120 Å². The highest BCUT2D eigenvalue weighted by molar-refractivity contribution is 4.86. The molecular weight excluding hydrogens is 232 g/mol. The van der Waals surface area contributed by atoms with Gasteiger partial charge in [0, 0.05) is 12.6 Å². The van der Waals surface area contributed by atoms with Crippen LogP contribution in [0.3, 0.4) is 0 Å². The topological polar surface area (TPSA) is 15.3 Å². The molecule has 0 radical (unpaired) electrons. The summed E-state index contributed by atoms with van der Waals surface area (Å²) in [5.74, 6) is 2.88. The van der Waals surface area contributed by atoms with Crippen molar-refractivity contribution in [2.24, 2.45) is 17.8 Å². The lowest BCUT2D eigenvalue weighted by atomic mass is 9.76. The minimum Gasteiger partial charge on any atom is -0.317 e. The summed E-state index contributed by atoms with van der Waals surface area (Å²) in [6.45, 7) is 8.77. The van der Waals surface area contributed by atoms with Crippen molar-refractivity contribution in [2.45, 2.75) is 64.8 Å². The van der Waals surface area contributed by atoms with Gasteiger partial charge in [-0.1, -0.05) is 26.7 Å². The molecule has 1 saturated heterocycles. The fourth-order valence-electron chi connectivity index (χ4n) is 4.22. The average Bonchev–Trinajstić information content (AvgIpc) is 2.48. The van der Waals surface area contributed by atoms with Gasteiger partial charge in [-0.15, -0.1) is 0 Å². The molecule has 2 fully saturated rings. The van der Waals surface area contributed by atoms with Crippen molar-refractivity contribution in [3.8, 4) is 0 Å². The molecule has 19 heavy (non-hydrogen) atoms.